The first-order valence-electron chi connectivity index (χ1n) is 6.36. The number of sulfonamides is 1. The van der Waals surface area contributed by atoms with Gasteiger partial charge in [-0.2, -0.15) is 0 Å². The van der Waals surface area contributed by atoms with Crippen molar-refractivity contribution >= 4 is 33.0 Å². The van der Waals surface area contributed by atoms with Crippen LogP contribution in [-0.2, 0) is 10.0 Å². The number of nitro benzene ring substituents is 1. The van der Waals surface area contributed by atoms with Gasteiger partial charge in [0.25, 0.3) is 15.7 Å². The molecule has 0 heterocycles. The van der Waals surface area contributed by atoms with E-state index >= 15 is 0 Å². The number of ether oxygens (including phenoxy) is 1. The van der Waals surface area contributed by atoms with Crippen molar-refractivity contribution in [3.05, 3.63) is 57.1 Å². The molecule has 0 spiro atoms. The lowest BCUT2D eigenvalue weighted by atomic mass is 10.2. The second-order valence-electron chi connectivity index (χ2n) is 4.68. The Morgan fingerprint density at radius 1 is 1.22 bits per heavy atom. The van der Waals surface area contributed by atoms with Crippen molar-refractivity contribution < 1.29 is 18.1 Å². The molecule has 0 unspecified atom stereocenters. The quantitative estimate of drug-likeness (QED) is 0.654. The molecule has 0 fully saturated rings. The summed E-state index contributed by atoms with van der Waals surface area (Å²) in [4.78, 5) is 9.83. The molecule has 2 aromatic rings. The summed E-state index contributed by atoms with van der Waals surface area (Å²) in [6.45, 7) is 1.81. The highest BCUT2D eigenvalue weighted by Gasteiger charge is 2.24. The number of non-ortho nitro benzene ring substituents is 1. The van der Waals surface area contributed by atoms with E-state index in [0.29, 0.717) is 0 Å². The van der Waals surface area contributed by atoms with Crippen LogP contribution in [0.25, 0.3) is 0 Å². The van der Waals surface area contributed by atoms with Gasteiger partial charge in [0.05, 0.1) is 22.7 Å². The van der Waals surface area contributed by atoms with Gasteiger partial charge in [-0.15, -0.1) is 0 Å². The van der Waals surface area contributed by atoms with Crippen molar-refractivity contribution in [2.75, 3.05) is 11.8 Å². The van der Waals surface area contributed by atoms with Gasteiger partial charge in [0, 0.05) is 12.1 Å². The van der Waals surface area contributed by atoms with Gasteiger partial charge in [-0.05, 0) is 30.7 Å². The molecule has 0 saturated heterocycles. The maximum absolute atomic E-state index is 12.5. The Kier molecular flexibility index (Phi) is 4.76. The fourth-order valence-electron chi connectivity index (χ4n) is 1.89. The van der Waals surface area contributed by atoms with Gasteiger partial charge in [0.1, 0.15) is 10.6 Å². The third kappa shape index (κ3) is 3.72. The largest absolute Gasteiger partial charge is 0.495 e. The number of halogens is 1. The number of anilines is 1. The molecule has 0 atom stereocenters. The minimum Gasteiger partial charge on any atom is -0.495 e. The molecular formula is C14H13ClN2O5S. The molecule has 0 amide bonds. The van der Waals surface area contributed by atoms with Crippen molar-refractivity contribution in [3.63, 3.8) is 0 Å². The number of nitro groups is 1. The van der Waals surface area contributed by atoms with Gasteiger partial charge in [0.2, 0.25) is 0 Å². The Labute approximate surface area is 138 Å². The summed E-state index contributed by atoms with van der Waals surface area (Å²) >= 11 is 6.01. The normalized spacial score (nSPS) is 11.1. The van der Waals surface area contributed by atoms with Crippen LogP contribution < -0.4 is 9.46 Å². The number of hydrogen-bond donors (Lipinski definition) is 1. The lowest BCUT2D eigenvalue weighted by Gasteiger charge is -2.12. The average molecular weight is 357 g/mol. The first-order chi connectivity index (χ1) is 10.7. The van der Waals surface area contributed by atoms with Gasteiger partial charge in [-0.1, -0.05) is 17.7 Å². The number of benzene rings is 2. The van der Waals surface area contributed by atoms with Crippen LogP contribution in [0.1, 0.15) is 5.56 Å². The highest BCUT2D eigenvalue weighted by molar-refractivity contribution is 7.92. The van der Waals surface area contributed by atoms with E-state index in [1.54, 1.807) is 12.1 Å². The molecule has 23 heavy (non-hydrogen) atoms. The Morgan fingerprint density at radius 2 is 1.91 bits per heavy atom. The van der Waals surface area contributed by atoms with E-state index in [9.17, 15) is 18.5 Å². The predicted octanol–water partition coefficient (Wildman–Crippen LogP) is 3.37. The van der Waals surface area contributed by atoms with Crippen LogP contribution in [0.3, 0.4) is 0 Å². The minimum absolute atomic E-state index is 0.00802. The van der Waals surface area contributed by atoms with Crippen LogP contribution in [0.5, 0.6) is 5.75 Å². The van der Waals surface area contributed by atoms with E-state index in [0.717, 1.165) is 17.7 Å². The lowest BCUT2D eigenvalue weighted by molar-refractivity contribution is -0.385. The Hall–Kier alpha value is -2.32. The van der Waals surface area contributed by atoms with Crippen LogP contribution in [0, 0.1) is 17.0 Å². The summed E-state index contributed by atoms with van der Waals surface area (Å²) in [5, 5.41) is 11.1. The molecule has 2 rings (SSSR count). The smallest absolute Gasteiger partial charge is 0.271 e. The fourth-order valence-corrected chi connectivity index (χ4v) is 3.50. The molecule has 0 saturated carbocycles. The van der Waals surface area contributed by atoms with Crippen LogP contribution in [-0.4, -0.2) is 20.5 Å². The molecule has 7 nitrogen and oxygen atoms in total. The topological polar surface area (TPSA) is 98.5 Å². The molecule has 0 aliphatic carbocycles. The molecule has 122 valence electrons. The maximum Gasteiger partial charge on any atom is 0.271 e. The zero-order valence-corrected chi connectivity index (χ0v) is 13.8. The van der Waals surface area contributed by atoms with Crippen molar-refractivity contribution in [2.24, 2.45) is 0 Å². The van der Waals surface area contributed by atoms with E-state index in [-0.39, 0.29) is 27.0 Å². The van der Waals surface area contributed by atoms with E-state index < -0.39 is 14.9 Å². The average Bonchev–Trinajstić information content (AvgIpc) is 2.49. The molecule has 0 aliphatic heterocycles. The third-order valence-electron chi connectivity index (χ3n) is 3.02. The molecule has 0 bridgehead atoms. The number of methoxy groups -OCH3 is 1. The molecule has 1 N–H and O–H groups in total. The first kappa shape index (κ1) is 17.0. The maximum atomic E-state index is 12.5. The standard InChI is InChI=1S/C14H13ClN2O5S/c1-9-3-5-12(11(15)7-9)16-23(20,21)14-8-10(17(18)19)4-6-13(14)22-2/h3-8,16H,1-2H3. The number of nitrogens with one attached hydrogen (secondary N) is 1. The molecule has 9 heteroatoms. The molecule has 2 aromatic carbocycles. The van der Waals surface area contributed by atoms with Gasteiger partial charge in [-0.3, -0.25) is 14.8 Å². The van der Waals surface area contributed by atoms with E-state index in [1.807, 2.05) is 6.92 Å². The Morgan fingerprint density at radius 3 is 2.48 bits per heavy atom. The molecule has 0 aliphatic rings. The zero-order valence-electron chi connectivity index (χ0n) is 12.2. The molecule has 0 aromatic heterocycles. The number of nitrogens with zero attached hydrogens (tertiary/aromatic N) is 1. The second kappa shape index (κ2) is 6.43. The highest BCUT2D eigenvalue weighted by Crippen LogP contribution is 2.31. The number of aryl methyl sites for hydroxylation is 1. The van der Waals surface area contributed by atoms with Crippen molar-refractivity contribution in [1.82, 2.24) is 0 Å². The SMILES string of the molecule is COc1ccc([N+](=O)[O-])cc1S(=O)(=O)Nc1ccc(C)cc1Cl. The monoisotopic (exact) mass is 356 g/mol. The van der Waals surface area contributed by atoms with Crippen LogP contribution >= 0.6 is 11.6 Å². The summed E-state index contributed by atoms with van der Waals surface area (Å²) < 4.78 is 32.3. The van der Waals surface area contributed by atoms with E-state index in [2.05, 4.69) is 4.72 Å². The van der Waals surface area contributed by atoms with Crippen molar-refractivity contribution in [2.45, 2.75) is 11.8 Å². The Balaban J connectivity index is 2.50. The summed E-state index contributed by atoms with van der Waals surface area (Å²) in [6, 6.07) is 8.13. The van der Waals surface area contributed by atoms with Crippen LogP contribution in [0.2, 0.25) is 5.02 Å². The first-order valence-corrected chi connectivity index (χ1v) is 8.22. The second-order valence-corrected chi connectivity index (χ2v) is 6.74. The molecular weight excluding hydrogens is 344 g/mol. The van der Waals surface area contributed by atoms with Gasteiger partial charge in [-0.25, -0.2) is 8.42 Å². The summed E-state index contributed by atoms with van der Waals surface area (Å²) in [6.07, 6.45) is 0. The predicted molar refractivity (Wildman–Crippen MR) is 86.6 cm³/mol. The summed E-state index contributed by atoms with van der Waals surface area (Å²) in [5.41, 5.74) is 0.679. The van der Waals surface area contributed by atoms with Crippen LogP contribution in [0.4, 0.5) is 11.4 Å². The van der Waals surface area contributed by atoms with Crippen LogP contribution in [0.15, 0.2) is 41.3 Å². The van der Waals surface area contributed by atoms with Gasteiger partial charge < -0.3 is 4.74 Å². The summed E-state index contributed by atoms with van der Waals surface area (Å²) in [5.74, 6) is -0.00802. The van der Waals surface area contributed by atoms with Gasteiger partial charge in [0.15, 0.2) is 0 Å². The fraction of sp³-hybridized carbons (Fsp3) is 0.143. The molecule has 0 radical (unpaired) electrons. The van der Waals surface area contributed by atoms with E-state index in [1.165, 1.54) is 19.2 Å². The lowest BCUT2D eigenvalue weighted by Crippen LogP contribution is -2.14. The van der Waals surface area contributed by atoms with E-state index in [4.69, 9.17) is 16.3 Å². The third-order valence-corrected chi connectivity index (χ3v) is 4.72. The van der Waals surface area contributed by atoms with Crippen molar-refractivity contribution in [1.29, 1.82) is 0 Å². The number of hydrogen-bond acceptors (Lipinski definition) is 5. The minimum atomic E-state index is -4.11. The zero-order chi connectivity index (χ0) is 17.2. The summed E-state index contributed by atoms with van der Waals surface area (Å²) in [7, 11) is -2.83. The number of rotatable bonds is 5. The Bertz CT molecular complexity index is 867. The van der Waals surface area contributed by atoms with Gasteiger partial charge >= 0.3 is 0 Å². The highest BCUT2D eigenvalue weighted by atomic mass is 35.5. The van der Waals surface area contributed by atoms with Crippen molar-refractivity contribution in [3.8, 4) is 5.75 Å².